The first-order valence-electron chi connectivity index (χ1n) is 6.46. The van der Waals surface area contributed by atoms with Crippen LogP contribution in [-0.2, 0) is 10.8 Å². The van der Waals surface area contributed by atoms with Gasteiger partial charge in [0, 0.05) is 33.9 Å². The van der Waals surface area contributed by atoms with Gasteiger partial charge in [0.05, 0.1) is 23.4 Å². The third-order valence-electron chi connectivity index (χ3n) is 2.82. The van der Waals surface area contributed by atoms with Crippen molar-refractivity contribution >= 4 is 34.0 Å². The van der Waals surface area contributed by atoms with Gasteiger partial charge in [-0.15, -0.1) is 0 Å². The number of nitrogens with one attached hydrogen (secondary N) is 1. The second-order valence-corrected chi connectivity index (χ2v) is 8.22. The van der Waals surface area contributed by atoms with Crippen LogP contribution in [0.4, 0.5) is 5.69 Å². The molecule has 0 aliphatic carbocycles. The maximum atomic E-state index is 12.1. The Balaban J connectivity index is 2.73. The van der Waals surface area contributed by atoms with Gasteiger partial charge in [0.1, 0.15) is 5.75 Å². The number of ether oxygens (including phenoxy) is 1. The molecule has 0 spiro atoms. The highest BCUT2D eigenvalue weighted by atomic mass is 35.5. The van der Waals surface area contributed by atoms with Gasteiger partial charge in [0.15, 0.2) is 0 Å². The fraction of sp³-hybridized carbons (Fsp3) is 0.500. The minimum absolute atomic E-state index is 0.291. The van der Waals surface area contributed by atoms with Crippen LogP contribution in [0.25, 0.3) is 0 Å². The Kier molecular flexibility index (Phi) is 6.04. The van der Waals surface area contributed by atoms with E-state index in [1.54, 1.807) is 0 Å². The molecule has 5 nitrogen and oxygen atoms in total. The van der Waals surface area contributed by atoms with E-state index in [1.165, 1.54) is 19.2 Å². The zero-order chi connectivity index (χ0) is 16.2. The van der Waals surface area contributed by atoms with Gasteiger partial charge < -0.3 is 15.8 Å². The lowest BCUT2D eigenvalue weighted by Gasteiger charge is -2.18. The molecule has 0 saturated heterocycles. The molecule has 0 aliphatic rings. The van der Waals surface area contributed by atoms with Crippen molar-refractivity contribution in [2.75, 3.05) is 25.1 Å². The molecule has 1 amide bonds. The van der Waals surface area contributed by atoms with Gasteiger partial charge in [-0.05, 0) is 26.8 Å². The van der Waals surface area contributed by atoms with Crippen LogP contribution in [0.2, 0.25) is 5.02 Å². The van der Waals surface area contributed by atoms with Crippen LogP contribution in [0.15, 0.2) is 12.1 Å². The number of benzene rings is 1. The highest BCUT2D eigenvalue weighted by Crippen LogP contribution is 2.28. The zero-order valence-corrected chi connectivity index (χ0v) is 14.2. The predicted octanol–water partition coefficient (Wildman–Crippen LogP) is 2.21. The lowest BCUT2D eigenvalue weighted by Crippen LogP contribution is -2.32. The van der Waals surface area contributed by atoms with Crippen LogP contribution in [0, 0.1) is 0 Å². The number of hydrogen-bond acceptors (Lipinski definition) is 4. The molecular weight excluding hydrogens is 312 g/mol. The molecular formula is C14H21ClN2O3S. The summed E-state index contributed by atoms with van der Waals surface area (Å²) < 4.78 is 16.7. The van der Waals surface area contributed by atoms with Gasteiger partial charge in [-0.25, -0.2) is 0 Å². The van der Waals surface area contributed by atoms with Crippen LogP contribution < -0.4 is 15.8 Å². The largest absolute Gasteiger partial charge is 0.496 e. The van der Waals surface area contributed by atoms with E-state index in [-0.39, 0.29) is 10.7 Å². The van der Waals surface area contributed by atoms with Gasteiger partial charge in [-0.1, -0.05) is 11.6 Å². The number of amides is 1. The van der Waals surface area contributed by atoms with Crippen molar-refractivity contribution in [3.63, 3.8) is 0 Å². The van der Waals surface area contributed by atoms with E-state index in [0.717, 1.165) is 0 Å². The molecule has 21 heavy (non-hydrogen) atoms. The number of anilines is 1. The van der Waals surface area contributed by atoms with E-state index in [1.807, 2.05) is 20.8 Å². The zero-order valence-electron chi connectivity index (χ0n) is 12.7. The van der Waals surface area contributed by atoms with Crippen molar-refractivity contribution in [3.05, 3.63) is 22.7 Å². The average molecular weight is 333 g/mol. The molecule has 1 atom stereocenters. The quantitative estimate of drug-likeness (QED) is 0.810. The van der Waals surface area contributed by atoms with Crippen molar-refractivity contribution in [2.45, 2.75) is 25.5 Å². The molecule has 0 heterocycles. The van der Waals surface area contributed by atoms with E-state index in [0.29, 0.717) is 34.3 Å². The fourth-order valence-corrected chi connectivity index (χ4v) is 2.64. The van der Waals surface area contributed by atoms with Gasteiger partial charge in [-0.3, -0.25) is 9.00 Å². The van der Waals surface area contributed by atoms with Crippen molar-refractivity contribution in [3.8, 4) is 5.75 Å². The van der Waals surface area contributed by atoms with Crippen molar-refractivity contribution in [1.82, 2.24) is 5.32 Å². The monoisotopic (exact) mass is 332 g/mol. The van der Waals surface area contributed by atoms with Crippen molar-refractivity contribution in [2.24, 2.45) is 0 Å². The minimum Gasteiger partial charge on any atom is -0.496 e. The van der Waals surface area contributed by atoms with Crippen molar-refractivity contribution < 1.29 is 13.7 Å². The Morgan fingerprint density at radius 3 is 2.57 bits per heavy atom. The molecule has 0 bridgehead atoms. The van der Waals surface area contributed by atoms with E-state index in [9.17, 15) is 9.00 Å². The molecule has 1 rings (SSSR count). The maximum Gasteiger partial charge on any atom is 0.255 e. The summed E-state index contributed by atoms with van der Waals surface area (Å²) in [6.45, 7) is 6.00. The maximum absolute atomic E-state index is 12.1. The summed E-state index contributed by atoms with van der Waals surface area (Å²) in [7, 11) is 0.435. The number of nitrogens with two attached hydrogens (primary N) is 1. The van der Waals surface area contributed by atoms with Crippen LogP contribution in [-0.4, -0.2) is 34.3 Å². The first kappa shape index (κ1) is 17.8. The second-order valence-electron chi connectivity index (χ2n) is 5.49. The number of methoxy groups -OCH3 is 1. The Labute approximate surface area is 132 Å². The number of carbonyl (C=O) groups excluding carboxylic acids is 1. The molecule has 0 fully saturated rings. The summed E-state index contributed by atoms with van der Waals surface area (Å²) in [5, 5.41) is 3.00. The van der Waals surface area contributed by atoms with Gasteiger partial charge in [0.2, 0.25) is 0 Å². The first-order chi connectivity index (χ1) is 9.66. The molecule has 1 aromatic carbocycles. The van der Waals surface area contributed by atoms with E-state index < -0.39 is 10.8 Å². The second kappa shape index (κ2) is 7.13. The molecule has 0 aromatic heterocycles. The molecule has 7 heteroatoms. The molecule has 1 unspecified atom stereocenters. The van der Waals surface area contributed by atoms with Crippen molar-refractivity contribution in [1.29, 1.82) is 0 Å². The Bertz CT molecular complexity index is 556. The topological polar surface area (TPSA) is 81.4 Å². The molecule has 118 valence electrons. The Morgan fingerprint density at radius 1 is 1.43 bits per heavy atom. The number of rotatable bonds is 5. The molecule has 3 N–H and O–H groups in total. The lowest BCUT2D eigenvalue weighted by atomic mass is 10.1. The van der Waals surface area contributed by atoms with Crippen LogP contribution in [0.5, 0.6) is 5.75 Å². The van der Waals surface area contributed by atoms with E-state index in [2.05, 4.69) is 5.32 Å². The SMILES string of the molecule is COc1cc(N)c(Cl)cc1C(=O)NCCS(=O)C(C)(C)C. The highest BCUT2D eigenvalue weighted by Gasteiger charge is 2.20. The summed E-state index contributed by atoms with van der Waals surface area (Å²) in [5.41, 5.74) is 6.32. The van der Waals surface area contributed by atoms with E-state index in [4.69, 9.17) is 22.1 Å². The number of nitrogen functional groups attached to an aromatic ring is 1. The normalized spacial score (nSPS) is 12.8. The summed E-state index contributed by atoms with van der Waals surface area (Å²) in [4.78, 5) is 12.1. The molecule has 0 radical (unpaired) electrons. The van der Waals surface area contributed by atoms with E-state index >= 15 is 0 Å². The molecule has 0 aliphatic heterocycles. The molecule has 0 saturated carbocycles. The number of carbonyl (C=O) groups is 1. The van der Waals surface area contributed by atoms with Crippen LogP contribution >= 0.6 is 11.6 Å². The minimum atomic E-state index is -1.02. The highest BCUT2D eigenvalue weighted by molar-refractivity contribution is 7.86. The van der Waals surface area contributed by atoms with Crippen LogP contribution in [0.3, 0.4) is 0 Å². The van der Waals surface area contributed by atoms with Gasteiger partial charge in [-0.2, -0.15) is 0 Å². The predicted molar refractivity (Wildman–Crippen MR) is 87.5 cm³/mol. The summed E-state index contributed by atoms with van der Waals surface area (Å²) >= 11 is 5.92. The summed E-state index contributed by atoms with van der Waals surface area (Å²) in [5.74, 6) is 0.409. The third-order valence-corrected chi connectivity index (χ3v) is 5.09. The third kappa shape index (κ3) is 4.89. The molecule has 1 aromatic rings. The fourth-order valence-electron chi connectivity index (χ4n) is 1.57. The number of halogens is 1. The van der Waals surface area contributed by atoms with Gasteiger partial charge in [0.25, 0.3) is 5.91 Å². The average Bonchev–Trinajstić information content (AvgIpc) is 2.39. The standard InChI is InChI=1S/C14H21ClN2O3S/c1-14(2,3)21(19)6-5-17-13(18)9-7-10(15)11(16)8-12(9)20-4/h7-8H,5-6,16H2,1-4H3,(H,17,18). The summed E-state index contributed by atoms with van der Waals surface area (Å²) in [6.07, 6.45) is 0. The van der Waals surface area contributed by atoms with Gasteiger partial charge >= 0.3 is 0 Å². The lowest BCUT2D eigenvalue weighted by molar-refractivity contribution is 0.0953. The number of hydrogen-bond donors (Lipinski definition) is 2. The Morgan fingerprint density at radius 2 is 2.05 bits per heavy atom. The summed E-state index contributed by atoms with van der Waals surface area (Å²) in [6, 6.07) is 2.97. The smallest absolute Gasteiger partial charge is 0.255 e. The Hall–Kier alpha value is -1.27. The first-order valence-corrected chi connectivity index (χ1v) is 8.16. The van der Waals surface area contributed by atoms with Crippen LogP contribution in [0.1, 0.15) is 31.1 Å².